The Morgan fingerprint density at radius 2 is 1.95 bits per heavy atom. The van der Waals surface area contributed by atoms with Gasteiger partial charge in [-0.1, -0.05) is 21.9 Å². The number of terminal acetylenes is 1. The van der Waals surface area contributed by atoms with Gasteiger partial charge in [-0.25, -0.2) is 0 Å². The number of nitrogens with zero attached hydrogens (tertiary/aromatic N) is 1. The molecule has 0 bridgehead atoms. The third kappa shape index (κ3) is 4.27. The van der Waals surface area contributed by atoms with E-state index in [1.807, 2.05) is 30.3 Å². The summed E-state index contributed by atoms with van der Waals surface area (Å²) in [4.78, 5) is 0. The molecule has 0 unspecified atom stereocenters. The van der Waals surface area contributed by atoms with Gasteiger partial charge in [0, 0.05) is 22.3 Å². The van der Waals surface area contributed by atoms with Crippen LogP contribution >= 0.6 is 15.9 Å². The number of anilines is 1. The Labute approximate surface area is 132 Å². The monoisotopic (exact) mass is 340 g/mol. The van der Waals surface area contributed by atoms with E-state index in [1.54, 1.807) is 12.1 Å². The quantitative estimate of drug-likeness (QED) is 0.838. The lowest BCUT2D eigenvalue weighted by Gasteiger charge is -2.12. The minimum absolute atomic E-state index is 0.242. The number of hydrogen-bond acceptors (Lipinski definition) is 3. The maximum absolute atomic E-state index is 8.78. The Kier molecular flexibility index (Phi) is 5.26. The maximum atomic E-state index is 8.78. The summed E-state index contributed by atoms with van der Waals surface area (Å²) in [6.07, 6.45) is 5.22. The normalized spacial score (nSPS) is 9.48. The van der Waals surface area contributed by atoms with Crippen LogP contribution in [0.1, 0.15) is 11.1 Å². The van der Waals surface area contributed by atoms with Crippen molar-refractivity contribution in [1.82, 2.24) is 0 Å². The predicted octanol–water partition coefficient (Wildman–Crippen LogP) is 3.94. The van der Waals surface area contributed by atoms with E-state index in [9.17, 15) is 0 Å². The first kappa shape index (κ1) is 15.0. The molecule has 0 aliphatic rings. The molecule has 0 radical (unpaired) electrons. The van der Waals surface area contributed by atoms with Gasteiger partial charge in [-0.2, -0.15) is 5.26 Å². The summed E-state index contributed by atoms with van der Waals surface area (Å²) in [5.74, 6) is 3.22. The highest BCUT2D eigenvalue weighted by atomic mass is 79.9. The average Bonchev–Trinajstić information content (AvgIpc) is 2.52. The number of hydrogen-bond donors (Lipinski definition) is 1. The van der Waals surface area contributed by atoms with E-state index in [0.29, 0.717) is 12.1 Å². The lowest BCUT2D eigenvalue weighted by atomic mass is 10.2. The zero-order valence-electron chi connectivity index (χ0n) is 11.3. The van der Waals surface area contributed by atoms with Crippen LogP contribution in [0.15, 0.2) is 46.9 Å². The second-order valence-electron chi connectivity index (χ2n) is 4.29. The molecule has 2 aromatic carbocycles. The fourth-order valence-electron chi connectivity index (χ4n) is 1.81. The third-order valence-corrected chi connectivity index (χ3v) is 3.32. The van der Waals surface area contributed by atoms with Crippen molar-refractivity contribution >= 4 is 21.6 Å². The SMILES string of the molecule is C#CCOc1ccc(Br)cc1CNc1ccc(C#N)cc1. The topological polar surface area (TPSA) is 45.0 Å². The summed E-state index contributed by atoms with van der Waals surface area (Å²) in [5.41, 5.74) is 2.59. The molecule has 2 aromatic rings. The van der Waals surface area contributed by atoms with Crippen molar-refractivity contribution < 1.29 is 4.74 Å². The third-order valence-electron chi connectivity index (χ3n) is 2.83. The van der Waals surface area contributed by atoms with Crippen LogP contribution in [-0.2, 0) is 6.54 Å². The molecule has 2 rings (SSSR count). The second-order valence-corrected chi connectivity index (χ2v) is 5.20. The van der Waals surface area contributed by atoms with Gasteiger partial charge in [0.15, 0.2) is 0 Å². The Balaban J connectivity index is 2.09. The number of nitrogens with one attached hydrogen (secondary N) is 1. The molecule has 0 aromatic heterocycles. The fraction of sp³-hybridized carbons (Fsp3) is 0.118. The molecule has 0 saturated heterocycles. The number of halogens is 1. The molecule has 0 saturated carbocycles. The molecule has 0 atom stereocenters. The number of ether oxygens (including phenoxy) is 1. The van der Waals surface area contributed by atoms with Gasteiger partial charge in [0.05, 0.1) is 11.6 Å². The van der Waals surface area contributed by atoms with E-state index in [1.165, 1.54) is 0 Å². The highest BCUT2D eigenvalue weighted by Crippen LogP contribution is 2.24. The van der Waals surface area contributed by atoms with Crippen molar-refractivity contribution in [1.29, 1.82) is 5.26 Å². The summed E-state index contributed by atoms with van der Waals surface area (Å²) in [7, 11) is 0. The zero-order chi connectivity index (χ0) is 15.1. The minimum atomic E-state index is 0.242. The first-order valence-electron chi connectivity index (χ1n) is 6.31. The molecule has 104 valence electrons. The minimum Gasteiger partial charge on any atom is -0.481 e. The van der Waals surface area contributed by atoms with Gasteiger partial charge in [0.1, 0.15) is 12.4 Å². The van der Waals surface area contributed by atoms with Gasteiger partial charge in [-0.3, -0.25) is 0 Å². The molecule has 0 fully saturated rings. The van der Waals surface area contributed by atoms with E-state index in [-0.39, 0.29) is 6.61 Å². The van der Waals surface area contributed by atoms with Crippen LogP contribution in [0.5, 0.6) is 5.75 Å². The van der Waals surface area contributed by atoms with Gasteiger partial charge in [0.25, 0.3) is 0 Å². The van der Waals surface area contributed by atoms with Crippen LogP contribution in [0.25, 0.3) is 0 Å². The Hall–Kier alpha value is -2.43. The van der Waals surface area contributed by atoms with Crippen LogP contribution in [0.3, 0.4) is 0 Å². The van der Waals surface area contributed by atoms with E-state index in [2.05, 4.69) is 33.2 Å². The molecule has 4 heteroatoms. The molecule has 3 nitrogen and oxygen atoms in total. The van der Waals surface area contributed by atoms with E-state index in [4.69, 9.17) is 16.4 Å². The van der Waals surface area contributed by atoms with Gasteiger partial charge in [0.2, 0.25) is 0 Å². The summed E-state index contributed by atoms with van der Waals surface area (Å²) in [5, 5.41) is 12.1. The summed E-state index contributed by atoms with van der Waals surface area (Å²) >= 11 is 3.45. The lowest BCUT2D eigenvalue weighted by Crippen LogP contribution is -2.03. The molecular formula is C17H13BrN2O. The van der Waals surface area contributed by atoms with E-state index < -0.39 is 0 Å². The van der Waals surface area contributed by atoms with Crippen LogP contribution in [0.4, 0.5) is 5.69 Å². The van der Waals surface area contributed by atoms with Crippen molar-refractivity contribution in [3.63, 3.8) is 0 Å². The van der Waals surface area contributed by atoms with Crippen molar-refractivity contribution in [2.45, 2.75) is 6.54 Å². The smallest absolute Gasteiger partial charge is 0.148 e. The predicted molar refractivity (Wildman–Crippen MR) is 87.0 cm³/mol. The standard InChI is InChI=1S/C17H13BrN2O/c1-2-9-21-17-8-5-15(18)10-14(17)12-20-16-6-3-13(11-19)4-7-16/h1,3-8,10,20H,9,12H2. The average molecular weight is 341 g/mol. The van der Waals surface area contributed by atoms with Crippen LogP contribution in [0.2, 0.25) is 0 Å². The first-order chi connectivity index (χ1) is 10.2. The summed E-state index contributed by atoms with van der Waals surface area (Å²) < 4.78 is 6.51. The van der Waals surface area contributed by atoms with Gasteiger partial charge in [-0.05, 0) is 42.5 Å². The Bertz CT molecular complexity index is 696. The molecule has 0 aliphatic heterocycles. The lowest BCUT2D eigenvalue weighted by molar-refractivity contribution is 0.366. The van der Waals surface area contributed by atoms with Gasteiger partial charge >= 0.3 is 0 Å². The molecule has 0 spiro atoms. The molecule has 0 aliphatic carbocycles. The number of nitriles is 1. The van der Waals surface area contributed by atoms with E-state index >= 15 is 0 Å². The molecular weight excluding hydrogens is 328 g/mol. The van der Waals surface area contributed by atoms with Crippen LogP contribution in [0, 0.1) is 23.7 Å². The zero-order valence-corrected chi connectivity index (χ0v) is 12.9. The largest absolute Gasteiger partial charge is 0.481 e. The second kappa shape index (κ2) is 7.38. The molecule has 0 heterocycles. The number of benzene rings is 2. The maximum Gasteiger partial charge on any atom is 0.148 e. The first-order valence-corrected chi connectivity index (χ1v) is 7.11. The van der Waals surface area contributed by atoms with Crippen LogP contribution < -0.4 is 10.1 Å². The summed E-state index contributed by atoms with van der Waals surface area (Å²) in [6.45, 7) is 0.844. The molecule has 0 amide bonds. The highest BCUT2D eigenvalue weighted by molar-refractivity contribution is 9.10. The van der Waals surface area contributed by atoms with Gasteiger partial charge in [-0.15, -0.1) is 6.42 Å². The van der Waals surface area contributed by atoms with Crippen molar-refractivity contribution in [3.8, 4) is 24.2 Å². The Morgan fingerprint density at radius 3 is 2.62 bits per heavy atom. The van der Waals surface area contributed by atoms with Crippen molar-refractivity contribution in [2.24, 2.45) is 0 Å². The van der Waals surface area contributed by atoms with E-state index in [0.717, 1.165) is 21.5 Å². The fourth-order valence-corrected chi connectivity index (χ4v) is 2.21. The highest BCUT2D eigenvalue weighted by Gasteiger charge is 2.04. The van der Waals surface area contributed by atoms with Crippen LogP contribution in [-0.4, -0.2) is 6.61 Å². The van der Waals surface area contributed by atoms with Gasteiger partial charge < -0.3 is 10.1 Å². The number of rotatable bonds is 5. The Morgan fingerprint density at radius 1 is 1.19 bits per heavy atom. The molecule has 21 heavy (non-hydrogen) atoms. The molecule has 1 N–H and O–H groups in total. The van der Waals surface area contributed by atoms with Crippen molar-refractivity contribution in [2.75, 3.05) is 11.9 Å². The summed E-state index contributed by atoms with van der Waals surface area (Å²) in [6, 6.07) is 15.2. The van der Waals surface area contributed by atoms with Crippen molar-refractivity contribution in [3.05, 3.63) is 58.1 Å².